The van der Waals surface area contributed by atoms with Gasteiger partial charge in [-0.05, 0) is 64.2 Å². The van der Waals surface area contributed by atoms with Crippen LogP contribution in [0, 0.1) is 0 Å². The Bertz CT molecular complexity index is 1590. The summed E-state index contributed by atoms with van der Waals surface area (Å²) in [5.41, 5.74) is 0. The van der Waals surface area contributed by atoms with Crippen molar-refractivity contribution in [3.8, 4) is 0 Å². The lowest BCUT2D eigenvalue weighted by atomic mass is 9.97. The van der Waals surface area contributed by atoms with E-state index < -0.39 is 86.8 Å². The van der Waals surface area contributed by atoms with Gasteiger partial charge in [0.05, 0.1) is 32.0 Å². The Labute approximate surface area is 512 Å². The maximum atomic E-state index is 13.3. The van der Waals surface area contributed by atoms with Gasteiger partial charge in [0.25, 0.3) is 0 Å². The maximum absolute atomic E-state index is 13.3. The molecular weight excluding hydrogens is 1060 g/mol. The van der Waals surface area contributed by atoms with Crippen LogP contribution in [0.15, 0.2) is 48.6 Å². The van der Waals surface area contributed by atoms with Crippen LogP contribution in [-0.2, 0) is 23.7 Å². The summed E-state index contributed by atoms with van der Waals surface area (Å²) in [5.74, 6) is -0.251. The van der Waals surface area contributed by atoms with Crippen molar-refractivity contribution in [1.29, 1.82) is 0 Å². The Morgan fingerprint density at radius 1 is 0.429 bits per heavy atom. The second-order valence-corrected chi connectivity index (χ2v) is 24.6. The summed E-state index contributed by atoms with van der Waals surface area (Å²) in [6.45, 7) is 2.80. The van der Waals surface area contributed by atoms with Gasteiger partial charge in [0.15, 0.2) is 12.6 Å². The molecule has 0 aliphatic carbocycles. The lowest BCUT2D eigenvalue weighted by Gasteiger charge is -2.46. The van der Waals surface area contributed by atoms with E-state index in [9.17, 15) is 45.6 Å². The van der Waals surface area contributed by atoms with E-state index in [4.69, 9.17) is 18.9 Å². The van der Waals surface area contributed by atoms with Crippen molar-refractivity contribution in [2.75, 3.05) is 19.8 Å². The molecule has 14 nitrogen and oxygen atoms in total. The number of carbonyl (C=O) groups is 1. The summed E-state index contributed by atoms with van der Waals surface area (Å²) in [6.07, 6.45) is 54.5. The normalized spacial score (nSPS) is 23.9. The van der Waals surface area contributed by atoms with Crippen LogP contribution in [0.1, 0.15) is 296 Å². The Balaban J connectivity index is 1.70. The van der Waals surface area contributed by atoms with E-state index in [1.54, 1.807) is 6.08 Å². The third-order valence-electron chi connectivity index (χ3n) is 17.0. The molecule has 12 unspecified atom stereocenters. The standard InChI is InChI=1S/C70H129NO13/c1-3-5-7-9-11-13-15-17-19-21-23-25-26-27-28-29-30-31-32-34-35-37-39-41-43-45-47-49-51-53-59(74)58(57-81-69-67(80)65(78)68(61(56-73)83-69)84-70-66(79)64(77)63(76)60(55-72)82-70)71-62(75)54-52-50-48-46-44-42-40-38-36-33-24-22-20-18-16-14-12-10-8-6-4-2/h16,18,22,24,43,45,51,53,58-61,63-70,72-74,76-80H,3-15,17,19-21,23,25-42,44,46-50,52,54-57H2,1-2H3,(H,71,75)/b18-16-,24-22-,45-43+,53-51+. The predicted octanol–water partition coefficient (Wildman–Crippen LogP) is 13.9. The van der Waals surface area contributed by atoms with Gasteiger partial charge in [-0.25, -0.2) is 0 Å². The first kappa shape index (κ1) is 78.0. The topological polar surface area (TPSA) is 228 Å². The van der Waals surface area contributed by atoms with Crippen LogP contribution >= 0.6 is 0 Å². The highest BCUT2D eigenvalue weighted by Crippen LogP contribution is 2.30. The van der Waals surface area contributed by atoms with E-state index in [0.29, 0.717) is 12.8 Å². The second kappa shape index (κ2) is 55.1. The van der Waals surface area contributed by atoms with Gasteiger partial charge in [-0.2, -0.15) is 0 Å². The average Bonchev–Trinajstić information content (AvgIpc) is 3.18. The molecule has 492 valence electrons. The van der Waals surface area contributed by atoms with Crippen molar-refractivity contribution in [3.05, 3.63) is 48.6 Å². The average molecular weight is 1190 g/mol. The molecule has 2 saturated heterocycles. The molecule has 0 spiro atoms. The van der Waals surface area contributed by atoms with E-state index in [1.165, 1.54) is 218 Å². The zero-order valence-corrected chi connectivity index (χ0v) is 53.4. The van der Waals surface area contributed by atoms with Crippen molar-refractivity contribution in [3.63, 3.8) is 0 Å². The quantitative estimate of drug-likeness (QED) is 0.0204. The molecule has 9 N–H and O–H groups in total. The van der Waals surface area contributed by atoms with Crippen LogP contribution in [0.25, 0.3) is 0 Å². The summed E-state index contributed by atoms with van der Waals surface area (Å²) in [5, 5.41) is 87.4. The highest BCUT2D eigenvalue weighted by atomic mass is 16.7. The van der Waals surface area contributed by atoms with Gasteiger partial charge in [0.2, 0.25) is 5.91 Å². The molecule has 0 bridgehead atoms. The number of ether oxygens (including phenoxy) is 4. The Hall–Kier alpha value is -2.05. The lowest BCUT2D eigenvalue weighted by Crippen LogP contribution is -2.65. The number of hydrogen-bond donors (Lipinski definition) is 9. The van der Waals surface area contributed by atoms with Gasteiger partial charge in [0, 0.05) is 6.42 Å². The van der Waals surface area contributed by atoms with Gasteiger partial charge in [-0.15, -0.1) is 0 Å². The minimum atomic E-state index is -1.79. The number of nitrogens with one attached hydrogen (secondary N) is 1. The summed E-state index contributed by atoms with van der Waals surface area (Å²) in [4.78, 5) is 13.3. The molecule has 2 heterocycles. The monoisotopic (exact) mass is 1190 g/mol. The Kier molecular flexibility index (Phi) is 51.1. The molecular formula is C70H129NO13. The summed E-state index contributed by atoms with van der Waals surface area (Å²) < 4.78 is 22.8. The first-order valence-corrected chi connectivity index (χ1v) is 34.9. The Morgan fingerprint density at radius 3 is 1.24 bits per heavy atom. The largest absolute Gasteiger partial charge is 0.394 e. The second-order valence-electron chi connectivity index (χ2n) is 24.6. The summed E-state index contributed by atoms with van der Waals surface area (Å²) in [7, 11) is 0. The van der Waals surface area contributed by atoms with Crippen molar-refractivity contribution in [2.24, 2.45) is 0 Å². The highest BCUT2D eigenvalue weighted by molar-refractivity contribution is 5.76. The minimum absolute atomic E-state index is 0.251. The van der Waals surface area contributed by atoms with Crippen molar-refractivity contribution < 1.29 is 64.6 Å². The van der Waals surface area contributed by atoms with E-state index in [2.05, 4.69) is 55.6 Å². The SMILES string of the molecule is CCCCCCC/C=C\C/C=C\CCCCCCCCCCCC(=O)NC(COC1OC(CO)C(OC2OC(CO)C(O)C(O)C2O)C(O)C1O)C(O)/C=C/CC/C=C/CCCCCCCCCCCCCCCCCCCCCCCCC. The zero-order valence-electron chi connectivity index (χ0n) is 53.4. The smallest absolute Gasteiger partial charge is 0.220 e. The zero-order chi connectivity index (χ0) is 60.9. The van der Waals surface area contributed by atoms with Crippen molar-refractivity contribution in [1.82, 2.24) is 5.32 Å². The van der Waals surface area contributed by atoms with E-state index in [0.717, 1.165) is 44.9 Å². The summed E-state index contributed by atoms with van der Waals surface area (Å²) in [6, 6.07) is -0.936. The Morgan fingerprint density at radius 2 is 0.798 bits per heavy atom. The molecule has 12 atom stereocenters. The van der Waals surface area contributed by atoms with E-state index in [1.807, 2.05) is 6.08 Å². The number of rotatable bonds is 57. The number of unbranched alkanes of at least 4 members (excludes halogenated alkanes) is 38. The summed E-state index contributed by atoms with van der Waals surface area (Å²) >= 11 is 0. The van der Waals surface area contributed by atoms with E-state index >= 15 is 0 Å². The number of hydrogen-bond acceptors (Lipinski definition) is 13. The molecule has 14 heteroatoms. The molecule has 2 aliphatic heterocycles. The molecule has 0 aromatic carbocycles. The molecule has 0 aromatic heterocycles. The van der Waals surface area contributed by atoms with Crippen LogP contribution < -0.4 is 5.32 Å². The first-order chi connectivity index (χ1) is 41.1. The molecule has 0 saturated carbocycles. The third kappa shape index (κ3) is 39.1. The van der Waals surface area contributed by atoms with Crippen LogP contribution in [-0.4, -0.2) is 140 Å². The molecule has 84 heavy (non-hydrogen) atoms. The molecule has 1 amide bonds. The van der Waals surface area contributed by atoms with Crippen LogP contribution in [0.4, 0.5) is 0 Å². The van der Waals surface area contributed by atoms with Crippen LogP contribution in [0.5, 0.6) is 0 Å². The number of allylic oxidation sites excluding steroid dienone is 7. The molecule has 2 rings (SSSR count). The molecule has 2 aliphatic rings. The molecule has 2 fully saturated rings. The number of aliphatic hydroxyl groups excluding tert-OH is 8. The van der Waals surface area contributed by atoms with Crippen LogP contribution in [0.3, 0.4) is 0 Å². The predicted molar refractivity (Wildman–Crippen MR) is 341 cm³/mol. The highest BCUT2D eigenvalue weighted by Gasteiger charge is 2.51. The maximum Gasteiger partial charge on any atom is 0.220 e. The van der Waals surface area contributed by atoms with Crippen molar-refractivity contribution in [2.45, 2.75) is 370 Å². The van der Waals surface area contributed by atoms with Crippen molar-refractivity contribution >= 4 is 5.91 Å². The third-order valence-corrected chi connectivity index (χ3v) is 17.0. The molecule has 0 radical (unpaired) electrons. The van der Waals surface area contributed by atoms with Crippen LogP contribution in [0.2, 0.25) is 0 Å². The molecule has 0 aromatic rings. The lowest BCUT2D eigenvalue weighted by molar-refractivity contribution is -0.359. The van der Waals surface area contributed by atoms with Gasteiger partial charge in [-0.3, -0.25) is 4.79 Å². The number of aliphatic hydroxyl groups is 8. The van der Waals surface area contributed by atoms with Gasteiger partial charge in [0.1, 0.15) is 48.8 Å². The van der Waals surface area contributed by atoms with Gasteiger partial charge >= 0.3 is 0 Å². The van der Waals surface area contributed by atoms with Gasteiger partial charge < -0.3 is 65.1 Å². The number of amides is 1. The first-order valence-electron chi connectivity index (χ1n) is 34.9. The van der Waals surface area contributed by atoms with Gasteiger partial charge in [-0.1, -0.05) is 274 Å². The van der Waals surface area contributed by atoms with E-state index in [-0.39, 0.29) is 18.9 Å². The number of carbonyl (C=O) groups excluding carboxylic acids is 1. The fraction of sp³-hybridized carbons (Fsp3) is 0.871. The fourth-order valence-corrected chi connectivity index (χ4v) is 11.4. The fourth-order valence-electron chi connectivity index (χ4n) is 11.4. The minimum Gasteiger partial charge on any atom is -0.394 e.